The number of aliphatic hydroxyl groups is 2. The molecule has 0 aromatic heterocycles. The molecule has 1 atom stereocenters. The quantitative estimate of drug-likeness (QED) is 0.511. The highest BCUT2D eigenvalue weighted by atomic mass is 79.9. The predicted octanol–water partition coefficient (Wildman–Crippen LogP) is 3.00. The van der Waals surface area contributed by atoms with Gasteiger partial charge in [-0.15, -0.1) is 0 Å². The zero-order valence-corrected chi connectivity index (χ0v) is 11.9. The molecule has 19 heavy (non-hydrogen) atoms. The molecular weight excluding hydrogens is 308 g/mol. The van der Waals surface area contributed by atoms with Gasteiger partial charge in [0.05, 0.1) is 11.2 Å². The van der Waals surface area contributed by atoms with E-state index in [1.165, 1.54) is 6.08 Å². The van der Waals surface area contributed by atoms with Gasteiger partial charge in [-0.1, -0.05) is 52.3 Å². The molecule has 1 aromatic carbocycles. The van der Waals surface area contributed by atoms with E-state index in [2.05, 4.69) is 15.9 Å². The SMILES string of the molecule is O=C1CC(O)(CCBr)C=CC1=C(O)c1ccccc1. The second-order valence-corrected chi connectivity index (χ2v) is 5.40. The number of aliphatic hydroxyl groups excluding tert-OH is 1. The maximum absolute atomic E-state index is 12.1. The maximum Gasteiger partial charge on any atom is 0.169 e. The second-order valence-electron chi connectivity index (χ2n) is 4.60. The summed E-state index contributed by atoms with van der Waals surface area (Å²) in [4.78, 5) is 12.1. The molecule has 0 radical (unpaired) electrons. The van der Waals surface area contributed by atoms with Crippen LogP contribution in [0.15, 0.2) is 48.1 Å². The van der Waals surface area contributed by atoms with Crippen molar-refractivity contribution in [1.82, 2.24) is 0 Å². The molecule has 0 fully saturated rings. The average Bonchev–Trinajstić information content (AvgIpc) is 2.39. The summed E-state index contributed by atoms with van der Waals surface area (Å²) < 4.78 is 0. The van der Waals surface area contributed by atoms with E-state index in [4.69, 9.17) is 0 Å². The van der Waals surface area contributed by atoms with Gasteiger partial charge in [-0.3, -0.25) is 4.79 Å². The Balaban J connectivity index is 2.35. The van der Waals surface area contributed by atoms with E-state index in [1.54, 1.807) is 30.3 Å². The van der Waals surface area contributed by atoms with Crippen LogP contribution in [0, 0.1) is 0 Å². The monoisotopic (exact) mass is 322 g/mol. The van der Waals surface area contributed by atoms with Gasteiger partial charge in [0.1, 0.15) is 5.76 Å². The van der Waals surface area contributed by atoms with Crippen molar-refractivity contribution in [2.24, 2.45) is 0 Å². The van der Waals surface area contributed by atoms with Crippen molar-refractivity contribution in [3.05, 3.63) is 53.6 Å². The maximum atomic E-state index is 12.1. The van der Waals surface area contributed by atoms with Crippen LogP contribution in [0.3, 0.4) is 0 Å². The smallest absolute Gasteiger partial charge is 0.169 e. The summed E-state index contributed by atoms with van der Waals surface area (Å²) in [6, 6.07) is 8.91. The van der Waals surface area contributed by atoms with E-state index < -0.39 is 5.60 Å². The van der Waals surface area contributed by atoms with Crippen LogP contribution in [-0.4, -0.2) is 26.9 Å². The fourth-order valence-electron chi connectivity index (χ4n) is 2.06. The minimum Gasteiger partial charge on any atom is -0.507 e. The molecule has 0 saturated carbocycles. The minimum absolute atomic E-state index is 0.00132. The van der Waals surface area contributed by atoms with Crippen LogP contribution in [0.4, 0.5) is 0 Å². The van der Waals surface area contributed by atoms with E-state index in [9.17, 15) is 15.0 Å². The van der Waals surface area contributed by atoms with E-state index in [1.807, 2.05) is 6.07 Å². The number of halogens is 1. The minimum atomic E-state index is -1.11. The molecule has 0 bridgehead atoms. The lowest BCUT2D eigenvalue weighted by molar-refractivity contribution is -0.119. The summed E-state index contributed by atoms with van der Waals surface area (Å²) in [7, 11) is 0. The third-order valence-electron chi connectivity index (χ3n) is 3.16. The van der Waals surface area contributed by atoms with Crippen molar-refractivity contribution in [1.29, 1.82) is 0 Å². The fraction of sp³-hybridized carbons (Fsp3) is 0.267. The van der Waals surface area contributed by atoms with Crippen molar-refractivity contribution in [3.8, 4) is 0 Å². The number of carbonyl (C=O) groups excluding carboxylic acids is 1. The largest absolute Gasteiger partial charge is 0.507 e. The Morgan fingerprint density at radius 2 is 2.00 bits per heavy atom. The van der Waals surface area contributed by atoms with Gasteiger partial charge in [0.2, 0.25) is 0 Å². The van der Waals surface area contributed by atoms with Crippen LogP contribution < -0.4 is 0 Å². The molecule has 2 rings (SSSR count). The predicted molar refractivity (Wildman–Crippen MR) is 78.1 cm³/mol. The van der Waals surface area contributed by atoms with Crippen molar-refractivity contribution < 1.29 is 15.0 Å². The highest BCUT2D eigenvalue weighted by molar-refractivity contribution is 9.09. The number of ketones is 1. The Morgan fingerprint density at radius 1 is 1.32 bits per heavy atom. The fourth-order valence-corrected chi connectivity index (χ4v) is 2.75. The third-order valence-corrected chi connectivity index (χ3v) is 3.55. The van der Waals surface area contributed by atoms with Gasteiger partial charge in [-0.2, -0.15) is 0 Å². The van der Waals surface area contributed by atoms with Gasteiger partial charge < -0.3 is 10.2 Å². The summed E-state index contributed by atoms with van der Waals surface area (Å²) in [6.45, 7) is 0. The molecule has 0 heterocycles. The highest BCUT2D eigenvalue weighted by Gasteiger charge is 2.32. The first-order valence-corrected chi connectivity index (χ1v) is 7.17. The number of alkyl halides is 1. The lowest BCUT2D eigenvalue weighted by atomic mass is 9.84. The van der Waals surface area contributed by atoms with Crippen LogP contribution in [0.2, 0.25) is 0 Å². The molecule has 1 aliphatic rings. The molecule has 1 aliphatic carbocycles. The molecule has 0 saturated heterocycles. The highest BCUT2D eigenvalue weighted by Crippen LogP contribution is 2.29. The zero-order valence-electron chi connectivity index (χ0n) is 10.3. The van der Waals surface area contributed by atoms with Crippen molar-refractivity contribution in [2.45, 2.75) is 18.4 Å². The Morgan fingerprint density at radius 3 is 2.58 bits per heavy atom. The Bertz CT molecular complexity index is 534. The molecule has 1 aromatic rings. The summed E-state index contributed by atoms with van der Waals surface area (Å²) in [5.74, 6) is -0.282. The molecular formula is C15H15BrO3. The molecule has 4 heteroatoms. The van der Waals surface area contributed by atoms with Crippen LogP contribution in [0.1, 0.15) is 18.4 Å². The van der Waals surface area contributed by atoms with E-state index in [-0.39, 0.29) is 23.5 Å². The number of Topliss-reactive ketones (excluding diaryl/α,β-unsaturated/α-hetero) is 1. The van der Waals surface area contributed by atoms with Gasteiger partial charge in [0.15, 0.2) is 5.78 Å². The molecule has 1 unspecified atom stereocenters. The summed E-state index contributed by atoms with van der Waals surface area (Å²) in [5.41, 5.74) is -0.256. The summed E-state index contributed by atoms with van der Waals surface area (Å²) in [5, 5.41) is 20.9. The second kappa shape index (κ2) is 5.72. The van der Waals surface area contributed by atoms with Crippen molar-refractivity contribution in [2.75, 3.05) is 5.33 Å². The van der Waals surface area contributed by atoms with Gasteiger partial charge >= 0.3 is 0 Å². The molecule has 0 amide bonds. The van der Waals surface area contributed by atoms with Crippen molar-refractivity contribution in [3.63, 3.8) is 0 Å². The Kier molecular flexibility index (Phi) is 4.22. The molecule has 3 nitrogen and oxygen atoms in total. The van der Waals surface area contributed by atoms with Crippen molar-refractivity contribution >= 4 is 27.5 Å². The summed E-state index contributed by atoms with van der Waals surface area (Å²) in [6.07, 6.45) is 3.57. The Labute approximate surface area is 120 Å². The molecule has 0 aliphatic heterocycles. The Hall–Kier alpha value is -1.39. The van der Waals surface area contributed by atoms with E-state index in [0.717, 1.165) is 0 Å². The first-order valence-electron chi connectivity index (χ1n) is 6.05. The number of hydrogen-bond donors (Lipinski definition) is 2. The lowest BCUT2D eigenvalue weighted by Gasteiger charge is -2.27. The van der Waals surface area contributed by atoms with E-state index in [0.29, 0.717) is 17.3 Å². The number of rotatable bonds is 3. The van der Waals surface area contributed by atoms with Gasteiger partial charge in [0, 0.05) is 17.3 Å². The normalized spacial score (nSPS) is 25.5. The van der Waals surface area contributed by atoms with Gasteiger partial charge in [-0.25, -0.2) is 0 Å². The topological polar surface area (TPSA) is 57.5 Å². The zero-order chi connectivity index (χ0) is 13.9. The first-order chi connectivity index (χ1) is 9.06. The summed E-state index contributed by atoms with van der Waals surface area (Å²) >= 11 is 3.25. The number of allylic oxidation sites excluding steroid dienone is 2. The molecule has 100 valence electrons. The standard InChI is InChI=1S/C15H15BrO3/c16-9-8-15(19)7-6-12(13(17)10-15)14(18)11-4-2-1-3-5-11/h1-7,18-19H,8-10H2. The van der Waals surface area contributed by atoms with Gasteiger partial charge in [0.25, 0.3) is 0 Å². The molecule has 2 N–H and O–H groups in total. The lowest BCUT2D eigenvalue weighted by Crippen LogP contribution is -2.33. The van der Waals surface area contributed by atoms with Crippen LogP contribution in [0.25, 0.3) is 5.76 Å². The van der Waals surface area contributed by atoms with Crippen LogP contribution in [-0.2, 0) is 4.79 Å². The number of hydrogen-bond acceptors (Lipinski definition) is 3. The van der Waals surface area contributed by atoms with Crippen LogP contribution in [0.5, 0.6) is 0 Å². The number of carbonyl (C=O) groups is 1. The van der Waals surface area contributed by atoms with Crippen LogP contribution >= 0.6 is 15.9 Å². The van der Waals surface area contributed by atoms with E-state index >= 15 is 0 Å². The molecule has 0 spiro atoms. The first kappa shape index (κ1) is 14.0. The average molecular weight is 323 g/mol. The van der Waals surface area contributed by atoms with Gasteiger partial charge in [-0.05, 0) is 12.5 Å². The third kappa shape index (κ3) is 3.14. The number of benzene rings is 1.